The maximum absolute atomic E-state index is 13.8. The van der Waals surface area contributed by atoms with E-state index < -0.39 is 11.8 Å². The molecular formula is C24H29F3N2O2. The minimum atomic E-state index is -4.49. The Hall–Kier alpha value is -2.09. The fourth-order valence-corrected chi connectivity index (χ4v) is 4.68. The van der Waals surface area contributed by atoms with Crippen molar-refractivity contribution in [3.8, 4) is 5.75 Å². The van der Waals surface area contributed by atoms with E-state index in [0.29, 0.717) is 16.9 Å². The van der Waals surface area contributed by atoms with Crippen LogP contribution in [0.2, 0.25) is 0 Å². The van der Waals surface area contributed by atoms with Gasteiger partial charge in [0.25, 0.3) is 0 Å². The molecule has 2 aromatic rings. The molecule has 0 radical (unpaired) electrons. The molecule has 31 heavy (non-hydrogen) atoms. The summed E-state index contributed by atoms with van der Waals surface area (Å²) < 4.78 is 52.1. The number of methoxy groups -OCH3 is 1. The fourth-order valence-electron chi connectivity index (χ4n) is 4.68. The van der Waals surface area contributed by atoms with E-state index in [1.807, 2.05) is 25.1 Å². The zero-order chi connectivity index (χ0) is 22.2. The smallest absolute Gasteiger partial charge is 0.421 e. The van der Waals surface area contributed by atoms with E-state index in [1.165, 1.54) is 5.56 Å². The second kappa shape index (κ2) is 8.45. The Labute approximate surface area is 181 Å². The summed E-state index contributed by atoms with van der Waals surface area (Å²) in [6.07, 6.45) is -1.24. The van der Waals surface area contributed by atoms with Crippen molar-refractivity contribution < 1.29 is 22.6 Å². The maximum atomic E-state index is 13.8. The van der Waals surface area contributed by atoms with Crippen LogP contribution in [-0.4, -0.2) is 24.8 Å². The summed E-state index contributed by atoms with van der Waals surface area (Å²) in [6, 6.07) is 13.6. The largest absolute Gasteiger partial charge is 0.496 e. The zero-order valence-corrected chi connectivity index (χ0v) is 18.1. The normalized spacial score (nSPS) is 25.3. The Morgan fingerprint density at radius 2 is 1.94 bits per heavy atom. The standard InChI is InChI=1S/C24H29F3N2O2/c1-16(28-29-12-8-7-11-21(29)17-9-5-4-6-10-17)19-14-20-18(13-22(19)30-3)15-31-23(20,2)24(25,26)27/h4-6,9-10,13-14,16,21,28H,7-8,11-12,15H2,1-3H3. The molecule has 0 aliphatic carbocycles. The van der Waals surface area contributed by atoms with Crippen molar-refractivity contribution >= 4 is 0 Å². The number of halogens is 3. The summed E-state index contributed by atoms with van der Waals surface area (Å²) in [5.41, 5.74) is 3.86. The molecular weight excluding hydrogens is 405 g/mol. The van der Waals surface area contributed by atoms with Gasteiger partial charge in [0.15, 0.2) is 5.60 Å². The third kappa shape index (κ3) is 4.06. The Kier molecular flexibility index (Phi) is 6.03. The van der Waals surface area contributed by atoms with Gasteiger partial charge in [-0.3, -0.25) is 0 Å². The van der Waals surface area contributed by atoms with E-state index in [2.05, 4.69) is 22.6 Å². The molecule has 1 saturated heterocycles. The summed E-state index contributed by atoms with van der Waals surface area (Å²) in [6.45, 7) is 3.86. The first-order valence-corrected chi connectivity index (χ1v) is 10.7. The van der Waals surface area contributed by atoms with Crippen LogP contribution >= 0.6 is 0 Å². The van der Waals surface area contributed by atoms with E-state index in [-0.39, 0.29) is 24.3 Å². The summed E-state index contributed by atoms with van der Waals surface area (Å²) in [7, 11) is 1.55. The average Bonchev–Trinajstić information content (AvgIpc) is 3.11. The number of nitrogens with zero attached hydrogens (tertiary/aromatic N) is 1. The molecule has 0 bridgehead atoms. The quantitative estimate of drug-likeness (QED) is 0.645. The Bertz CT molecular complexity index is 919. The number of piperidine rings is 1. The monoisotopic (exact) mass is 434 g/mol. The molecule has 0 spiro atoms. The molecule has 3 unspecified atom stereocenters. The number of fused-ring (bicyclic) bond motifs is 1. The van der Waals surface area contributed by atoms with Crippen molar-refractivity contribution in [2.24, 2.45) is 0 Å². The van der Waals surface area contributed by atoms with Crippen molar-refractivity contribution in [3.05, 3.63) is 64.7 Å². The fraction of sp³-hybridized carbons (Fsp3) is 0.500. The molecule has 0 saturated carbocycles. The lowest BCUT2D eigenvalue weighted by Gasteiger charge is -2.38. The number of nitrogens with one attached hydrogen (secondary N) is 1. The average molecular weight is 435 g/mol. The number of ether oxygens (including phenoxy) is 2. The van der Waals surface area contributed by atoms with Crippen LogP contribution in [0.1, 0.15) is 67.4 Å². The van der Waals surface area contributed by atoms with Crippen LogP contribution in [0, 0.1) is 0 Å². The molecule has 168 valence electrons. The van der Waals surface area contributed by atoms with E-state index in [0.717, 1.165) is 32.7 Å². The summed E-state index contributed by atoms with van der Waals surface area (Å²) >= 11 is 0. The molecule has 2 heterocycles. The van der Waals surface area contributed by atoms with Gasteiger partial charge >= 0.3 is 6.18 Å². The lowest BCUT2D eigenvalue weighted by atomic mass is 9.90. The SMILES string of the molecule is COc1cc2c(cc1C(C)NN1CCCCC1c1ccccc1)C(C)(C(F)(F)F)OC2. The van der Waals surface area contributed by atoms with Crippen LogP contribution in [0.5, 0.6) is 5.75 Å². The van der Waals surface area contributed by atoms with Gasteiger partial charge in [-0.2, -0.15) is 13.2 Å². The van der Waals surface area contributed by atoms with Gasteiger partial charge in [-0.05, 0) is 55.5 Å². The predicted octanol–water partition coefficient (Wildman–Crippen LogP) is 5.80. The van der Waals surface area contributed by atoms with Crippen LogP contribution in [0.4, 0.5) is 13.2 Å². The Morgan fingerprint density at radius 1 is 1.19 bits per heavy atom. The highest BCUT2D eigenvalue weighted by Gasteiger charge is 2.57. The highest BCUT2D eigenvalue weighted by Crippen LogP contribution is 2.49. The first kappa shape index (κ1) is 22.1. The van der Waals surface area contributed by atoms with Crippen molar-refractivity contribution in [2.45, 2.75) is 63.6 Å². The first-order valence-electron chi connectivity index (χ1n) is 10.7. The third-order valence-corrected chi connectivity index (χ3v) is 6.54. The van der Waals surface area contributed by atoms with Crippen molar-refractivity contribution in [2.75, 3.05) is 13.7 Å². The lowest BCUT2D eigenvalue weighted by Crippen LogP contribution is -2.45. The summed E-state index contributed by atoms with van der Waals surface area (Å²) in [5, 5.41) is 2.22. The van der Waals surface area contributed by atoms with Crippen molar-refractivity contribution in [3.63, 3.8) is 0 Å². The van der Waals surface area contributed by atoms with Crippen LogP contribution in [-0.2, 0) is 16.9 Å². The van der Waals surface area contributed by atoms with Crippen molar-refractivity contribution in [1.82, 2.24) is 10.4 Å². The van der Waals surface area contributed by atoms with Gasteiger partial charge in [0.2, 0.25) is 0 Å². The van der Waals surface area contributed by atoms with Gasteiger partial charge in [0.05, 0.1) is 13.7 Å². The van der Waals surface area contributed by atoms with Gasteiger partial charge in [0.1, 0.15) is 5.75 Å². The predicted molar refractivity (Wildman–Crippen MR) is 112 cm³/mol. The lowest BCUT2D eigenvalue weighted by molar-refractivity contribution is -0.272. The minimum absolute atomic E-state index is 0.0774. The maximum Gasteiger partial charge on any atom is 0.421 e. The van der Waals surface area contributed by atoms with Crippen molar-refractivity contribution in [1.29, 1.82) is 0 Å². The van der Waals surface area contributed by atoms with Crippen LogP contribution < -0.4 is 10.2 Å². The highest BCUT2D eigenvalue weighted by atomic mass is 19.4. The van der Waals surface area contributed by atoms with Gasteiger partial charge in [0, 0.05) is 24.2 Å². The molecule has 2 aliphatic heterocycles. The zero-order valence-electron chi connectivity index (χ0n) is 18.1. The second-order valence-electron chi connectivity index (χ2n) is 8.54. The molecule has 1 fully saturated rings. The molecule has 1 N–H and O–H groups in total. The van der Waals surface area contributed by atoms with Crippen LogP contribution in [0.3, 0.4) is 0 Å². The molecule has 2 aliphatic rings. The number of benzene rings is 2. The Morgan fingerprint density at radius 3 is 2.61 bits per heavy atom. The highest BCUT2D eigenvalue weighted by molar-refractivity contribution is 5.48. The topological polar surface area (TPSA) is 33.7 Å². The van der Waals surface area contributed by atoms with E-state index >= 15 is 0 Å². The van der Waals surface area contributed by atoms with E-state index in [9.17, 15) is 13.2 Å². The van der Waals surface area contributed by atoms with Crippen LogP contribution in [0.15, 0.2) is 42.5 Å². The minimum Gasteiger partial charge on any atom is -0.496 e. The molecule has 3 atom stereocenters. The number of hydrogen-bond acceptors (Lipinski definition) is 4. The molecule has 4 nitrogen and oxygen atoms in total. The number of hydrazine groups is 1. The summed E-state index contributed by atoms with van der Waals surface area (Å²) in [4.78, 5) is 0. The molecule has 0 aromatic heterocycles. The molecule has 7 heteroatoms. The second-order valence-corrected chi connectivity index (χ2v) is 8.54. The number of alkyl halides is 3. The molecule has 4 rings (SSSR count). The van der Waals surface area contributed by atoms with Gasteiger partial charge in [-0.1, -0.05) is 36.8 Å². The van der Waals surface area contributed by atoms with E-state index in [1.54, 1.807) is 19.2 Å². The van der Waals surface area contributed by atoms with Crippen LogP contribution in [0.25, 0.3) is 0 Å². The molecule has 2 aromatic carbocycles. The number of rotatable bonds is 5. The Balaban J connectivity index is 1.64. The third-order valence-electron chi connectivity index (χ3n) is 6.54. The first-order chi connectivity index (χ1) is 14.7. The van der Waals surface area contributed by atoms with Gasteiger partial charge in [-0.15, -0.1) is 0 Å². The van der Waals surface area contributed by atoms with Gasteiger partial charge in [-0.25, -0.2) is 10.4 Å². The number of hydrogen-bond donors (Lipinski definition) is 1. The van der Waals surface area contributed by atoms with E-state index in [4.69, 9.17) is 9.47 Å². The summed E-state index contributed by atoms with van der Waals surface area (Å²) in [5.74, 6) is 0.571. The van der Waals surface area contributed by atoms with Gasteiger partial charge < -0.3 is 9.47 Å². The molecule has 0 amide bonds.